The molecule has 0 aliphatic heterocycles. The minimum atomic E-state index is -0.534. The van der Waals surface area contributed by atoms with Crippen LogP contribution in [0.4, 0.5) is 5.69 Å². The van der Waals surface area contributed by atoms with Crippen LogP contribution in [0, 0.1) is 11.3 Å². The predicted molar refractivity (Wildman–Crippen MR) is 92.4 cm³/mol. The highest BCUT2D eigenvalue weighted by atomic mass is 16.3. The van der Waals surface area contributed by atoms with Crippen molar-refractivity contribution in [3.63, 3.8) is 0 Å². The van der Waals surface area contributed by atoms with Crippen molar-refractivity contribution >= 4 is 17.7 Å². The normalized spacial score (nSPS) is 10.9. The summed E-state index contributed by atoms with van der Waals surface area (Å²) in [6, 6.07) is 13.4. The average Bonchev–Trinajstić information content (AvgIpc) is 2.57. The summed E-state index contributed by atoms with van der Waals surface area (Å²) < 4.78 is 0. The van der Waals surface area contributed by atoms with E-state index in [9.17, 15) is 20.3 Å². The standard InChI is InChI=1S/C19H18N2O3/c1-2-3-13-4-7-16(8-5-13)21-19(24)15(12-20)10-14-6-9-17(22)18(23)11-14/h4-11,22-23H,2-3H2,1H3,(H,21,24)/b15-10+. The van der Waals surface area contributed by atoms with Crippen molar-refractivity contribution in [1.82, 2.24) is 0 Å². The predicted octanol–water partition coefficient (Wildman–Crippen LogP) is 3.60. The fraction of sp³-hybridized carbons (Fsp3) is 0.158. The quantitative estimate of drug-likeness (QED) is 0.445. The van der Waals surface area contributed by atoms with Gasteiger partial charge in [0.2, 0.25) is 0 Å². The first-order valence-corrected chi connectivity index (χ1v) is 7.57. The van der Waals surface area contributed by atoms with Gasteiger partial charge in [0.25, 0.3) is 5.91 Å². The van der Waals surface area contributed by atoms with E-state index >= 15 is 0 Å². The largest absolute Gasteiger partial charge is 0.504 e. The van der Waals surface area contributed by atoms with Crippen molar-refractivity contribution in [3.8, 4) is 17.6 Å². The lowest BCUT2D eigenvalue weighted by Crippen LogP contribution is -2.13. The molecule has 0 heterocycles. The molecule has 0 aliphatic carbocycles. The minimum absolute atomic E-state index is 0.0993. The van der Waals surface area contributed by atoms with Crippen molar-refractivity contribution in [2.24, 2.45) is 0 Å². The van der Waals surface area contributed by atoms with Crippen LogP contribution in [0.15, 0.2) is 48.0 Å². The number of rotatable bonds is 5. The first-order chi connectivity index (χ1) is 11.5. The van der Waals surface area contributed by atoms with Gasteiger partial charge < -0.3 is 15.5 Å². The van der Waals surface area contributed by atoms with Gasteiger partial charge >= 0.3 is 0 Å². The van der Waals surface area contributed by atoms with E-state index in [1.165, 1.54) is 29.8 Å². The Balaban J connectivity index is 2.15. The number of phenolic OH excluding ortho intramolecular Hbond substituents is 2. The number of carbonyl (C=O) groups is 1. The molecule has 5 nitrogen and oxygen atoms in total. The zero-order valence-electron chi connectivity index (χ0n) is 13.3. The molecule has 122 valence electrons. The zero-order chi connectivity index (χ0) is 17.5. The Hall–Kier alpha value is -3.26. The van der Waals surface area contributed by atoms with Gasteiger partial charge in [-0.05, 0) is 47.9 Å². The number of aryl methyl sites for hydroxylation is 1. The summed E-state index contributed by atoms with van der Waals surface area (Å²) in [7, 11) is 0. The van der Waals surface area contributed by atoms with Gasteiger partial charge in [-0.2, -0.15) is 5.26 Å². The topological polar surface area (TPSA) is 93.4 Å². The van der Waals surface area contributed by atoms with Gasteiger partial charge in [-0.3, -0.25) is 4.79 Å². The van der Waals surface area contributed by atoms with E-state index in [1.54, 1.807) is 12.1 Å². The van der Waals surface area contributed by atoms with E-state index in [-0.39, 0.29) is 17.1 Å². The highest BCUT2D eigenvalue weighted by molar-refractivity contribution is 6.09. The summed E-state index contributed by atoms with van der Waals surface area (Å²) in [5.41, 5.74) is 2.13. The van der Waals surface area contributed by atoms with Gasteiger partial charge in [0.15, 0.2) is 11.5 Å². The molecule has 2 rings (SSSR count). The molecule has 0 aromatic heterocycles. The van der Waals surface area contributed by atoms with E-state index in [4.69, 9.17) is 0 Å². The number of nitrogens with one attached hydrogen (secondary N) is 1. The van der Waals surface area contributed by atoms with Crippen LogP contribution in [0.25, 0.3) is 6.08 Å². The van der Waals surface area contributed by atoms with E-state index in [1.807, 2.05) is 18.2 Å². The molecular formula is C19H18N2O3. The lowest BCUT2D eigenvalue weighted by atomic mass is 10.1. The molecule has 0 atom stereocenters. The molecule has 2 aromatic carbocycles. The monoisotopic (exact) mass is 322 g/mol. The Morgan fingerprint density at radius 2 is 1.88 bits per heavy atom. The number of nitrogens with zero attached hydrogens (tertiary/aromatic N) is 1. The first-order valence-electron chi connectivity index (χ1n) is 7.57. The Labute approximate surface area is 140 Å². The fourth-order valence-electron chi connectivity index (χ4n) is 2.19. The van der Waals surface area contributed by atoms with Crippen LogP contribution in [0.5, 0.6) is 11.5 Å². The zero-order valence-corrected chi connectivity index (χ0v) is 13.3. The lowest BCUT2D eigenvalue weighted by molar-refractivity contribution is -0.112. The molecule has 0 aliphatic rings. The van der Waals surface area contributed by atoms with Crippen LogP contribution in [-0.2, 0) is 11.2 Å². The summed E-state index contributed by atoms with van der Waals surface area (Å²) in [6.07, 6.45) is 3.37. The van der Waals surface area contributed by atoms with Gasteiger partial charge in [-0.25, -0.2) is 0 Å². The maximum Gasteiger partial charge on any atom is 0.266 e. The van der Waals surface area contributed by atoms with Crippen LogP contribution in [-0.4, -0.2) is 16.1 Å². The summed E-state index contributed by atoms with van der Waals surface area (Å²) in [6.45, 7) is 2.10. The Morgan fingerprint density at radius 3 is 2.46 bits per heavy atom. The molecule has 0 saturated carbocycles. The van der Waals surface area contributed by atoms with Gasteiger partial charge in [-0.1, -0.05) is 31.5 Å². The van der Waals surface area contributed by atoms with E-state index < -0.39 is 5.91 Å². The number of nitriles is 1. The van der Waals surface area contributed by atoms with Crippen molar-refractivity contribution in [1.29, 1.82) is 5.26 Å². The van der Waals surface area contributed by atoms with Crippen LogP contribution in [0.1, 0.15) is 24.5 Å². The van der Waals surface area contributed by atoms with Crippen LogP contribution < -0.4 is 5.32 Å². The van der Waals surface area contributed by atoms with Gasteiger partial charge in [-0.15, -0.1) is 0 Å². The number of aromatic hydroxyl groups is 2. The maximum atomic E-state index is 12.2. The number of phenols is 2. The molecule has 5 heteroatoms. The summed E-state index contributed by atoms with van der Waals surface area (Å²) in [5.74, 6) is -1.11. The second kappa shape index (κ2) is 7.84. The Bertz CT molecular complexity index is 802. The third-order valence-electron chi connectivity index (χ3n) is 3.43. The van der Waals surface area contributed by atoms with Gasteiger partial charge in [0.05, 0.1) is 0 Å². The number of hydrogen-bond acceptors (Lipinski definition) is 4. The summed E-state index contributed by atoms with van der Waals surface area (Å²) >= 11 is 0. The highest BCUT2D eigenvalue weighted by Gasteiger charge is 2.10. The lowest BCUT2D eigenvalue weighted by Gasteiger charge is -2.06. The first kappa shape index (κ1) is 17.1. The SMILES string of the molecule is CCCc1ccc(NC(=O)/C(C#N)=C/c2ccc(O)c(O)c2)cc1. The van der Waals surface area contributed by atoms with Crippen molar-refractivity contribution in [3.05, 3.63) is 59.2 Å². The van der Waals surface area contributed by atoms with Gasteiger partial charge in [0, 0.05) is 5.69 Å². The number of benzene rings is 2. The van der Waals surface area contributed by atoms with Crippen LogP contribution >= 0.6 is 0 Å². The third-order valence-corrected chi connectivity index (χ3v) is 3.43. The van der Waals surface area contributed by atoms with E-state index in [0.29, 0.717) is 11.3 Å². The van der Waals surface area contributed by atoms with E-state index in [0.717, 1.165) is 12.8 Å². The number of carbonyl (C=O) groups excluding carboxylic acids is 1. The molecule has 0 radical (unpaired) electrons. The molecule has 0 bridgehead atoms. The summed E-state index contributed by atoms with van der Waals surface area (Å²) in [4.78, 5) is 12.2. The second-order valence-corrected chi connectivity index (χ2v) is 5.32. The molecule has 0 fully saturated rings. The Morgan fingerprint density at radius 1 is 1.17 bits per heavy atom. The van der Waals surface area contributed by atoms with Crippen LogP contribution in [0.2, 0.25) is 0 Å². The molecule has 2 aromatic rings. The molecule has 0 saturated heterocycles. The number of anilines is 1. The highest BCUT2D eigenvalue weighted by Crippen LogP contribution is 2.26. The smallest absolute Gasteiger partial charge is 0.266 e. The third kappa shape index (κ3) is 4.37. The second-order valence-electron chi connectivity index (χ2n) is 5.32. The Kier molecular flexibility index (Phi) is 5.58. The number of amides is 1. The average molecular weight is 322 g/mol. The summed E-state index contributed by atoms with van der Waals surface area (Å²) in [5, 5.41) is 30.6. The molecular weight excluding hydrogens is 304 g/mol. The van der Waals surface area contributed by atoms with Crippen molar-refractivity contribution in [2.75, 3.05) is 5.32 Å². The molecule has 24 heavy (non-hydrogen) atoms. The number of hydrogen-bond donors (Lipinski definition) is 3. The minimum Gasteiger partial charge on any atom is -0.504 e. The molecule has 0 unspecified atom stereocenters. The molecule has 3 N–H and O–H groups in total. The fourth-order valence-corrected chi connectivity index (χ4v) is 2.19. The molecule has 0 spiro atoms. The van der Waals surface area contributed by atoms with Crippen molar-refractivity contribution in [2.45, 2.75) is 19.8 Å². The van der Waals surface area contributed by atoms with Crippen LogP contribution in [0.3, 0.4) is 0 Å². The molecule has 1 amide bonds. The van der Waals surface area contributed by atoms with E-state index in [2.05, 4.69) is 12.2 Å². The van der Waals surface area contributed by atoms with Crippen molar-refractivity contribution < 1.29 is 15.0 Å². The maximum absolute atomic E-state index is 12.2. The van der Waals surface area contributed by atoms with Gasteiger partial charge in [0.1, 0.15) is 11.6 Å².